The van der Waals surface area contributed by atoms with Crippen molar-refractivity contribution in [3.63, 3.8) is 0 Å². The summed E-state index contributed by atoms with van der Waals surface area (Å²) in [6.45, 7) is 0.397. The molecule has 1 saturated carbocycles. The molecule has 2 aromatic rings. The number of aliphatic hydroxyl groups is 1. The van der Waals surface area contributed by atoms with Gasteiger partial charge in [-0.15, -0.1) is 0 Å². The van der Waals surface area contributed by atoms with Crippen molar-refractivity contribution in [2.24, 2.45) is 0 Å². The van der Waals surface area contributed by atoms with Crippen LogP contribution in [0.4, 0.5) is 0 Å². The highest BCUT2D eigenvalue weighted by molar-refractivity contribution is 5.92. The summed E-state index contributed by atoms with van der Waals surface area (Å²) in [6, 6.07) is 9.17. The molecule has 3 rings (SSSR count). The van der Waals surface area contributed by atoms with Crippen LogP contribution >= 0.6 is 0 Å². The molecular formula is C15H16N2O3. The maximum absolute atomic E-state index is 11.9. The number of aromatic nitrogens is 1. The average Bonchev–Trinajstić information content (AvgIpc) is 3.22. The summed E-state index contributed by atoms with van der Waals surface area (Å²) in [5.74, 6) is 1.01. The van der Waals surface area contributed by atoms with Gasteiger partial charge in [-0.25, -0.2) is 0 Å². The number of hydrogen-bond donors (Lipinski definition) is 2. The fourth-order valence-corrected chi connectivity index (χ4v) is 2.07. The first-order valence-corrected chi connectivity index (χ1v) is 6.70. The van der Waals surface area contributed by atoms with Gasteiger partial charge in [0.2, 0.25) is 0 Å². The zero-order chi connectivity index (χ0) is 13.9. The van der Waals surface area contributed by atoms with Crippen molar-refractivity contribution in [3.8, 4) is 0 Å². The van der Waals surface area contributed by atoms with Crippen LogP contribution in [-0.4, -0.2) is 16.2 Å². The molecule has 0 saturated heterocycles. The second-order valence-corrected chi connectivity index (χ2v) is 5.05. The Morgan fingerprint density at radius 2 is 2.15 bits per heavy atom. The molecule has 5 nitrogen and oxygen atoms in total. The van der Waals surface area contributed by atoms with Gasteiger partial charge in [-0.1, -0.05) is 29.4 Å². The van der Waals surface area contributed by atoms with E-state index in [1.807, 2.05) is 24.3 Å². The average molecular weight is 272 g/mol. The summed E-state index contributed by atoms with van der Waals surface area (Å²) in [4.78, 5) is 11.9. The van der Waals surface area contributed by atoms with Gasteiger partial charge < -0.3 is 14.9 Å². The summed E-state index contributed by atoms with van der Waals surface area (Å²) in [5.41, 5.74) is 2.09. The summed E-state index contributed by atoms with van der Waals surface area (Å²) in [6.07, 6.45) is 2.23. The first-order valence-electron chi connectivity index (χ1n) is 6.70. The van der Waals surface area contributed by atoms with E-state index in [0.29, 0.717) is 18.2 Å². The van der Waals surface area contributed by atoms with Crippen LogP contribution in [0.1, 0.15) is 46.1 Å². The molecule has 0 atom stereocenters. The quantitative estimate of drug-likeness (QED) is 0.872. The van der Waals surface area contributed by atoms with Gasteiger partial charge in [-0.05, 0) is 24.0 Å². The van der Waals surface area contributed by atoms with Crippen LogP contribution < -0.4 is 5.32 Å². The van der Waals surface area contributed by atoms with Gasteiger partial charge in [-0.2, -0.15) is 0 Å². The van der Waals surface area contributed by atoms with E-state index in [0.717, 1.165) is 29.7 Å². The standard InChI is InChI=1S/C15H16N2O3/c18-9-11-3-1-2-10(6-11)8-16-15(19)13-7-14(20-17-13)12-4-5-12/h1-3,6-7,12,18H,4-5,8-9H2,(H,16,19). The van der Waals surface area contributed by atoms with Crippen molar-refractivity contribution in [2.45, 2.75) is 31.9 Å². The summed E-state index contributed by atoms with van der Waals surface area (Å²) in [5, 5.41) is 15.7. The number of carbonyl (C=O) groups excluding carboxylic acids is 1. The van der Waals surface area contributed by atoms with Crippen LogP contribution in [0.3, 0.4) is 0 Å². The highest BCUT2D eigenvalue weighted by Gasteiger charge is 2.28. The van der Waals surface area contributed by atoms with Crippen LogP contribution in [0.2, 0.25) is 0 Å². The first-order chi connectivity index (χ1) is 9.76. The first kappa shape index (κ1) is 12.9. The molecule has 1 heterocycles. The van der Waals surface area contributed by atoms with E-state index in [-0.39, 0.29) is 12.5 Å². The molecule has 1 aliphatic rings. The minimum atomic E-state index is -0.241. The molecule has 0 spiro atoms. The van der Waals surface area contributed by atoms with Crippen LogP contribution in [0.5, 0.6) is 0 Å². The molecule has 20 heavy (non-hydrogen) atoms. The Balaban J connectivity index is 1.60. The number of hydrogen-bond acceptors (Lipinski definition) is 4. The maximum Gasteiger partial charge on any atom is 0.273 e. The topological polar surface area (TPSA) is 75.4 Å². The second kappa shape index (κ2) is 5.46. The lowest BCUT2D eigenvalue weighted by Crippen LogP contribution is -2.23. The number of nitrogens with one attached hydrogen (secondary N) is 1. The summed E-state index contributed by atoms with van der Waals surface area (Å²) >= 11 is 0. The Hall–Kier alpha value is -2.14. The van der Waals surface area contributed by atoms with Gasteiger partial charge in [0.05, 0.1) is 6.61 Å². The Labute approximate surface area is 116 Å². The van der Waals surface area contributed by atoms with E-state index in [2.05, 4.69) is 10.5 Å². The van der Waals surface area contributed by atoms with Gasteiger partial charge in [0.15, 0.2) is 5.69 Å². The molecule has 1 fully saturated rings. The van der Waals surface area contributed by atoms with E-state index in [4.69, 9.17) is 9.63 Å². The molecule has 1 aromatic heterocycles. The normalized spacial score (nSPS) is 14.2. The number of nitrogens with zero attached hydrogens (tertiary/aromatic N) is 1. The fourth-order valence-electron chi connectivity index (χ4n) is 2.07. The van der Waals surface area contributed by atoms with E-state index >= 15 is 0 Å². The minimum Gasteiger partial charge on any atom is -0.392 e. The Bertz CT molecular complexity index is 617. The van der Waals surface area contributed by atoms with Gasteiger partial charge in [0.1, 0.15) is 5.76 Å². The molecule has 0 aliphatic heterocycles. The van der Waals surface area contributed by atoms with Gasteiger partial charge in [0, 0.05) is 18.5 Å². The molecule has 0 radical (unpaired) electrons. The van der Waals surface area contributed by atoms with Crippen molar-refractivity contribution in [3.05, 3.63) is 52.9 Å². The van der Waals surface area contributed by atoms with Crippen molar-refractivity contribution in [1.82, 2.24) is 10.5 Å². The van der Waals surface area contributed by atoms with Crippen molar-refractivity contribution in [2.75, 3.05) is 0 Å². The largest absolute Gasteiger partial charge is 0.392 e. The highest BCUT2D eigenvalue weighted by Crippen LogP contribution is 2.40. The molecular weight excluding hydrogens is 256 g/mol. The second-order valence-electron chi connectivity index (χ2n) is 5.05. The zero-order valence-electron chi connectivity index (χ0n) is 11.0. The third-order valence-electron chi connectivity index (χ3n) is 3.37. The molecule has 1 aliphatic carbocycles. The zero-order valence-corrected chi connectivity index (χ0v) is 11.0. The molecule has 1 aromatic carbocycles. The van der Waals surface area contributed by atoms with Crippen LogP contribution in [0, 0.1) is 0 Å². The maximum atomic E-state index is 11.9. The summed E-state index contributed by atoms with van der Waals surface area (Å²) < 4.78 is 5.15. The Morgan fingerprint density at radius 3 is 2.90 bits per heavy atom. The fraction of sp³-hybridized carbons (Fsp3) is 0.333. The predicted molar refractivity (Wildman–Crippen MR) is 72.0 cm³/mol. The Morgan fingerprint density at radius 1 is 1.35 bits per heavy atom. The third-order valence-corrected chi connectivity index (χ3v) is 3.37. The molecule has 1 amide bonds. The number of benzene rings is 1. The van der Waals surface area contributed by atoms with E-state index in [9.17, 15) is 4.79 Å². The van der Waals surface area contributed by atoms with E-state index in [1.165, 1.54) is 0 Å². The lowest BCUT2D eigenvalue weighted by atomic mass is 10.1. The third kappa shape index (κ3) is 2.88. The van der Waals surface area contributed by atoms with Crippen molar-refractivity contribution >= 4 is 5.91 Å². The lowest BCUT2D eigenvalue weighted by Gasteiger charge is -2.04. The van der Waals surface area contributed by atoms with Crippen LogP contribution in [-0.2, 0) is 13.2 Å². The monoisotopic (exact) mass is 272 g/mol. The molecule has 104 valence electrons. The number of rotatable bonds is 5. The SMILES string of the molecule is O=C(NCc1cccc(CO)c1)c1cc(C2CC2)on1. The van der Waals surface area contributed by atoms with Crippen LogP contribution in [0.15, 0.2) is 34.9 Å². The lowest BCUT2D eigenvalue weighted by molar-refractivity contribution is 0.0941. The number of carbonyl (C=O) groups is 1. The number of aliphatic hydroxyl groups excluding tert-OH is 1. The Kier molecular flexibility index (Phi) is 3.52. The van der Waals surface area contributed by atoms with Crippen molar-refractivity contribution in [1.29, 1.82) is 0 Å². The van der Waals surface area contributed by atoms with Crippen molar-refractivity contribution < 1.29 is 14.4 Å². The van der Waals surface area contributed by atoms with E-state index in [1.54, 1.807) is 6.07 Å². The van der Waals surface area contributed by atoms with Gasteiger partial charge >= 0.3 is 0 Å². The number of amides is 1. The molecule has 0 unspecified atom stereocenters. The molecule has 2 N–H and O–H groups in total. The van der Waals surface area contributed by atoms with Gasteiger partial charge in [0.25, 0.3) is 5.91 Å². The smallest absolute Gasteiger partial charge is 0.273 e. The van der Waals surface area contributed by atoms with Gasteiger partial charge in [-0.3, -0.25) is 4.79 Å². The molecule has 5 heteroatoms. The molecule has 0 bridgehead atoms. The van der Waals surface area contributed by atoms with E-state index < -0.39 is 0 Å². The highest BCUT2D eigenvalue weighted by atomic mass is 16.5. The summed E-state index contributed by atoms with van der Waals surface area (Å²) in [7, 11) is 0. The van der Waals surface area contributed by atoms with Crippen LogP contribution in [0.25, 0.3) is 0 Å². The predicted octanol–water partition coefficient (Wildman–Crippen LogP) is 1.97. The minimum absolute atomic E-state index is 0.00415.